The maximum Gasteiger partial charge on any atom is 0.407 e. The van der Waals surface area contributed by atoms with E-state index in [-0.39, 0.29) is 29.2 Å². The van der Waals surface area contributed by atoms with Gasteiger partial charge in [-0.05, 0) is 79.5 Å². The molecule has 0 aliphatic carbocycles. The topological polar surface area (TPSA) is 100 Å². The summed E-state index contributed by atoms with van der Waals surface area (Å²) < 4.78 is 48.0. The van der Waals surface area contributed by atoms with Gasteiger partial charge in [0.15, 0.2) is 8.32 Å². The van der Waals surface area contributed by atoms with Crippen molar-refractivity contribution in [2.24, 2.45) is 5.92 Å². The largest absolute Gasteiger partial charge is 0.444 e. The van der Waals surface area contributed by atoms with Crippen LogP contribution < -0.4 is 15.7 Å². The molecule has 2 aromatic carbocycles. The molecule has 0 saturated heterocycles. The second-order valence-corrected chi connectivity index (χ2v) is 26.9. The van der Waals surface area contributed by atoms with Gasteiger partial charge in [-0.1, -0.05) is 102 Å². The summed E-state index contributed by atoms with van der Waals surface area (Å²) in [6, 6.07) is 20.5. The van der Waals surface area contributed by atoms with Crippen molar-refractivity contribution < 1.29 is 31.0 Å². The average Bonchev–Trinajstić information content (AvgIpc) is 2.92. The molecule has 0 heterocycles. The van der Waals surface area contributed by atoms with Gasteiger partial charge >= 0.3 is 6.09 Å². The molecule has 0 spiro atoms. The zero-order valence-electron chi connectivity index (χ0n) is 30.9. The van der Waals surface area contributed by atoms with Crippen LogP contribution in [0, 0.1) is 5.92 Å². The van der Waals surface area contributed by atoms with Crippen LogP contribution in [-0.2, 0) is 27.9 Å². The molecule has 1 unspecified atom stereocenters. The number of amides is 1. The molecule has 8 nitrogen and oxygen atoms in total. The highest BCUT2D eigenvalue weighted by Crippen LogP contribution is 2.38. The molecule has 2 aromatic rings. The number of rotatable bonds is 16. The molecule has 0 fully saturated rings. The van der Waals surface area contributed by atoms with Crippen LogP contribution >= 0.6 is 0 Å². The molecule has 47 heavy (non-hydrogen) atoms. The smallest absolute Gasteiger partial charge is 0.407 e. The Balaban J connectivity index is 2.51. The minimum absolute atomic E-state index is 0.00924. The van der Waals surface area contributed by atoms with E-state index >= 15 is 0 Å². The van der Waals surface area contributed by atoms with E-state index in [4.69, 9.17) is 17.8 Å². The van der Waals surface area contributed by atoms with E-state index < -0.39 is 44.5 Å². The van der Waals surface area contributed by atoms with Gasteiger partial charge in [0, 0.05) is 6.61 Å². The highest BCUT2D eigenvalue weighted by atomic mass is 32.2. The summed E-state index contributed by atoms with van der Waals surface area (Å²) in [6.45, 7) is 24.1. The predicted octanol–water partition coefficient (Wildman–Crippen LogP) is 7.24. The summed E-state index contributed by atoms with van der Waals surface area (Å²) in [5, 5.41) is 5.24. The highest BCUT2D eigenvalue weighted by molar-refractivity contribution is 7.85. The first-order chi connectivity index (χ1) is 21.5. The number of carbonyl (C=O) groups is 1. The lowest BCUT2D eigenvalue weighted by molar-refractivity contribution is 0.0468. The van der Waals surface area contributed by atoms with Crippen molar-refractivity contribution >= 4 is 43.2 Å². The van der Waals surface area contributed by atoms with E-state index in [0.717, 1.165) is 16.6 Å². The Morgan fingerprint density at radius 2 is 1.30 bits per heavy atom. The fourth-order valence-corrected chi connectivity index (χ4v) is 11.5. The van der Waals surface area contributed by atoms with Crippen molar-refractivity contribution in [3.05, 3.63) is 60.7 Å². The molecule has 266 valence electrons. The number of hydrogen-bond donors (Lipinski definition) is 1. The van der Waals surface area contributed by atoms with Crippen molar-refractivity contribution in [2.75, 3.05) is 26.1 Å². The first kappa shape index (κ1) is 41.1. The van der Waals surface area contributed by atoms with Crippen molar-refractivity contribution in [1.82, 2.24) is 5.32 Å². The summed E-state index contributed by atoms with van der Waals surface area (Å²) in [4.78, 5) is 13.2. The molecule has 0 saturated carbocycles. The van der Waals surface area contributed by atoms with Crippen LogP contribution in [0.15, 0.2) is 60.7 Å². The van der Waals surface area contributed by atoms with E-state index in [1.54, 1.807) is 0 Å². The average molecular weight is 708 g/mol. The molecular formula is C36H61NO7SSi2. The standard InChI is InChI=1S/C36H61NO7SSi2/c1-34(2,3)44-33(38)37-30(26-29(20-19-25-41-45(10,39)40)27-42-46(11,12)35(4,5)6)28-43-47(36(7,8)9,31-21-15-13-16-22-31)32-23-17-14-18-24-32/h13-18,21-24,29-30H,19-20,25-28H2,1-12H3,(H,37,38)/t29-,30?/m1/s1. The summed E-state index contributed by atoms with van der Waals surface area (Å²) in [7, 11) is -8.51. The summed E-state index contributed by atoms with van der Waals surface area (Å²) in [5.74, 6) is 0.00924. The summed E-state index contributed by atoms with van der Waals surface area (Å²) >= 11 is 0. The fourth-order valence-electron chi connectivity index (χ4n) is 5.43. The van der Waals surface area contributed by atoms with Crippen LogP contribution in [0.5, 0.6) is 0 Å². The Morgan fingerprint density at radius 3 is 1.72 bits per heavy atom. The van der Waals surface area contributed by atoms with Crippen LogP contribution in [-0.4, -0.2) is 68.9 Å². The molecule has 0 aromatic heterocycles. The molecule has 0 aliphatic rings. The minimum Gasteiger partial charge on any atom is -0.444 e. The monoisotopic (exact) mass is 707 g/mol. The van der Waals surface area contributed by atoms with Crippen molar-refractivity contribution in [3.63, 3.8) is 0 Å². The number of alkyl carbamates (subject to hydrolysis) is 1. The van der Waals surface area contributed by atoms with Gasteiger partial charge in [0.05, 0.1) is 25.5 Å². The third-order valence-corrected chi connectivity index (χ3v) is 18.9. The van der Waals surface area contributed by atoms with E-state index in [9.17, 15) is 13.2 Å². The highest BCUT2D eigenvalue weighted by Gasteiger charge is 2.50. The zero-order valence-corrected chi connectivity index (χ0v) is 33.8. The van der Waals surface area contributed by atoms with Gasteiger partial charge in [-0.3, -0.25) is 4.18 Å². The van der Waals surface area contributed by atoms with Crippen molar-refractivity contribution in [1.29, 1.82) is 0 Å². The van der Waals surface area contributed by atoms with E-state index in [0.29, 0.717) is 25.9 Å². The molecular weight excluding hydrogens is 647 g/mol. The third kappa shape index (κ3) is 13.1. The van der Waals surface area contributed by atoms with Crippen LogP contribution in [0.4, 0.5) is 4.79 Å². The Bertz CT molecular complexity index is 1310. The normalized spacial score (nSPS) is 14.8. The maximum absolute atomic E-state index is 13.2. The molecule has 1 N–H and O–H groups in total. The second-order valence-electron chi connectivity index (χ2n) is 16.2. The van der Waals surface area contributed by atoms with Crippen LogP contribution in [0.3, 0.4) is 0 Å². The van der Waals surface area contributed by atoms with Gasteiger partial charge < -0.3 is 18.9 Å². The minimum atomic E-state index is -3.54. The molecule has 0 aliphatic heterocycles. The van der Waals surface area contributed by atoms with Crippen molar-refractivity contribution in [2.45, 2.75) is 116 Å². The molecule has 0 radical (unpaired) electrons. The number of benzene rings is 2. The number of ether oxygens (including phenoxy) is 1. The molecule has 11 heteroatoms. The van der Waals surface area contributed by atoms with Crippen molar-refractivity contribution in [3.8, 4) is 0 Å². The Morgan fingerprint density at radius 1 is 0.787 bits per heavy atom. The lowest BCUT2D eigenvalue weighted by atomic mass is 9.96. The zero-order chi connectivity index (χ0) is 35.7. The van der Waals surface area contributed by atoms with Gasteiger partial charge in [0.2, 0.25) is 0 Å². The number of hydrogen-bond acceptors (Lipinski definition) is 7. The first-order valence-corrected chi connectivity index (χ1v) is 23.3. The van der Waals surface area contributed by atoms with E-state index in [1.165, 1.54) is 0 Å². The molecule has 1 amide bonds. The quantitative estimate of drug-likeness (QED) is 0.112. The van der Waals surface area contributed by atoms with Gasteiger partial charge in [-0.25, -0.2) is 4.79 Å². The van der Waals surface area contributed by atoms with Crippen LogP contribution in [0.25, 0.3) is 0 Å². The first-order valence-electron chi connectivity index (χ1n) is 16.7. The van der Waals surface area contributed by atoms with E-state index in [2.05, 4.69) is 108 Å². The Labute approximate surface area is 287 Å². The SMILES string of the molecule is CC(C)(C)OC(=O)NC(CO[Si](c1ccccc1)(c1ccccc1)C(C)(C)C)C[C@@H](CCCOS(C)(=O)=O)CO[Si](C)(C)C(C)(C)C. The summed E-state index contributed by atoms with van der Waals surface area (Å²) in [6.07, 6.45) is 2.32. The van der Waals surface area contributed by atoms with Gasteiger partial charge in [0.1, 0.15) is 5.60 Å². The lowest BCUT2D eigenvalue weighted by Gasteiger charge is -2.44. The van der Waals surface area contributed by atoms with Gasteiger partial charge in [-0.2, -0.15) is 8.42 Å². The summed E-state index contributed by atoms with van der Waals surface area (Å²) in [5.41, 5.74) is -0.665. The Hall–Kier alpha value is -2.03. The van der Waals surface area contributed by atoms with Crippen LogP contribution in [0.2, 0.25) is 23.2 Å². The fraction of sp³-hybridized carbons (Fsp3) is 0.639. The van der Waals surface area contributed by atoms with Gasteiger partial charge in [0.25, 0.3) is 18.4 Å². The van der Waals surface area contributed by atoms with Gasteiger partial charge in [-0.15, -0.1) is 0 Å². The maximum atomic E-state index is 13.2. The second kappa shape index (κ2) is 16.6. The van der Waals surface area contributed by atoms with Crippen LogP contribution in [0.1, 0.15) is 81.6 Å². The number of carbonyl (C=O) groups excluding carboxylic acids is 1. The molecule has 0 bridgehead atoms. The molecule has 2 rings (SSSR count). The Kier molecular flexibility index (Phi) is 14.5. The molecule has 2 atom stereocenters. The third-order valence-electron chi connectivity index (χ3n) is 8.80. The van der Waals surface area contributed by atoms with E-state index in [1.807, 2.05) is 32.9 Å². The number of nitrogens with one attached hydrogen (secondary N) is 1. The lowest BCUT2D eigenvalue weighted by Crippen LogP contribution is -2.67. The predicted molar refractivity (Wildman–Crippen MR) is 198 cm³/mol.